The maximum atomic E-state index is 11.8. The molecular formula is C19H19N3O6S. The number of rotatable bonds is 10. The van der Waals surface area contributed by atoms with Crippen LogP contribution in [0.4, 0.5) is 5.69 Å². The Kier molecular flexibility index (Phi) is 8.64. The number of nitrogens with zero attached hydrogens (tertiary/aromatic N) is 2. The molecule has 0 fully saturated rings. The van der Waals surface area contributed by atoms with Crippen LogP contribution in [0, 0.1) is 10.1 Å². The predicted octanol–water partition coefficient (Wildman–Crippen LogP) is 2.53. The fourth-order valence-corrected chi connectivity index (χ4v) is 2.85. The summed E-state index contributed by atoms with van der Waals surface area (Å²) < 4.78 is 9.71. The van der Waals surface area contributed by atoms with Crippen molar-refractivity contribution in [2.24, 2.45) is 5.10 Å². The van der Waals surface area contributed by atoms with E-state index in [9.17, 15) is 19.7 Å². The van der Waals surface area contributed by atoms with Crippen LogP contribution in [-0.2, 0) is 20.1 Å². The number of nitrogens with one attached hydrogen (secondary N) is 1. The number of thioether (sulfide) groups is 1. The summed E-state index contributed by atoms with van der Waals surface area (Å²) in [4.78, 5) is 33.1. The molecule has 9 nitrogen and oxygen atoms in total. The highest BCUT2D eigenvalue weighted by molar-refractivity contribution is 7.99. The highest BCUT2D eigenvalue weighted by Crippen LogP contribution is 2.17. The lowest BCUT2D eigenvalue weighted by atomic mass is 10.2. The Labute approximate surface area is 171 Å². The van der Waals surface area contributed by atoms with E-state index in [0.29, 0.717) is 11.5 Å². The molecule has 0 aliphatic rings. The lowest BCUT2D eigenvalue weighted by Crippen LogP contribution is -2.19. The average Bonchev–Trinajstić information content (AvgIpc) is 2.73. The zero-order valence-electron chi connectivity index (χ0n) is 15.6. The van der Waals surface area contributed by atoms with E-state index in [1.165, 1.54) is 37.2 Å². The van der Waals surface area contributed by atoms with Gasteiger partial charge in [0, 0.05) is 17.9 Å². The van der Waals surface area contributed by atoms with Crippen LogP contribution in [0.1, 0.15) is 11.1 Å². The maximum absolute atomic E-state index is 11.8. The topological polar surface area (TPSA) is 120 Å². The molecule has 0 aliphatic carbocycles. The van der Waals surface area contributed by atoms with Gasteiger partial charge in [-0.2, -0.15) is 5.10 Å². The average molecular weight is 417 g/mol. The quantitative estimate of drug-likeness (QED) is 0.273. The van der Waals surface area contributed by atoms with E-state index in [0.717, 1.165) is 11.1 Å². The molecule has 29 heavy (non-hydrogen) atoms. The minimum absolute atomic E-state index is 0.0267. The third-order valence-electron chi connectivity index (χ3n) is 3.49. The van der Waals surface area contributed by atoms with Gasteiger partial charge in [0.15, 0.2) is 6.61 Å². The van der Waals surface area contributed by atoms with Crippen LogP contribution in [0.25, 0.3) is 0 Å². The van der Waals surface area contributed by atoms with Crippen LogP contribution < -0.4 is 10.2 Å². The van der Waals surface area contributed by atoms with Gasteiger partial charge in [-0.25, -0.2) is 10.2 Å². The molecule has 0 unspecified atom stereocenters. The molecule has 2 rings (SSSR count). The number of carbonyl (C=O) groups is 2. The van der Waals surface area contributed by atoms with Crippen molar-refractivity contribution >= 4 is 35.5 Å². The Bertz CT molecular complexity index is 886. The molecule has 1 N–H and O–H groups in total. The summed E-state index contributed by atoms with van der Waals surface area (Å²) in [6, 6.07) is 13.1. The van der Waals surface area contributed by atoms with Crippen LogP contribution in [-0.4, -0.2) is 42.5 Å². The second kappa shape index (κ2) is 11.4. The zero-order valence-corrected chi connectivity index (χ0v) is 16.4. The first kappa shape index (κ1) is 21.9. The normalized spacial score (nSPS) is 10.5. The van der Waals surface area contributed by atoms with Crippen molar-refractivity contribution in [1.29, 1.82) is 0 Å². The summed E-state index contributed by atoms with van der Waals surface area (Å²) in [5.41, 5.74) is 3.95. The Hall–Kier alpha value is -3.40. The zero-order chi connectivity index (χ0) is 21.1. The Morgan fingerprint density at radius 1 is 1.24 bits per heavy atom. The number of hydrogen-bond donors (Lipinski definition) is 1. The van der Waals surface area contributed by atoms with Crippen LogP contribution >= 0.6 is 11.8 Å². The Morgan fingerprint density at radius 3 is 2.69 bits per heavy atom. The van der Waals surface area contributed by atoms with Gasteiger partial charge in [0.1, 0.15) is 5.75 Å². The molecule has 0 saturated carbocycles. The van der Waals surface area contributed by atoms with Crippen molar-refractivity contribution in [3.8, 4) is 5.75 Å². The lowest BCUT2D eigenvalue weighted by molar-refractivity contribution is -0.384. The van der Waals surface area contributed by atoms with Gasteiger partial charge < -0.3 is 9.47 Å². The highest BCUT2D eigenvalue weighted by atomic mass is 32.2. The SMILES string of the molecule is COC(=O)COc1ccc(/C=N\NC(=O)CSCc2cccc([N+](=O)[O-])c2)cc1. The molecule has 1 amide bonds. The molecule has 152 valence electrons. The Balaban J connectivity index is 1.71. The number of carbonyl (C=O) groups excluding carboxylic acids is 2. The number of amides is 1. The van der Waals surface area contributed by atoms with Gasteiger partial charge in [0.2, 0.25) is 5.91 Å². The minimum atomic E-state index is -0.471. The monoisotopic (exact) mass is 417 g/mol. The van der Waals surface area contributed by atoms with E-state index in [1.807, 2.05) is 0 Å². The van der Waals surface area contributed by atoms with Crippen LogP contribution in [0.3, 0.4) is 0 Å². The van der Waals surface area contributed by atoms with Gasteiger partial charge in [-0.15, -0.1) is 11.8 Å². The van der Waals surface area contributed by atoms with Crippen molar-refractivity contribution in [2.45, 2.75) is 5.75 Å². The lowest BCUT2D eigenvalue weighted by Gasteiger charge is -2.04. The molecule has 0 radical (unpaired) electrons. The number of hydrazone groups is 1. The van der Waals surface area contributed by atoms with Gasteiger partial charge in [0.05, 0.1) is 24.0 Å². The van der Waals surface area contributed by atoms with Crippen LogP contribution in [0.5, 0.6) is 5.75 Å². The van der Waals surface area contributed by atoms with Crippen molar-refractivity contribution in [3.63, 3.8) is 0 Å². The van der Waals surface area contributed by atoms with E-state index in [4.69, 9.17) is 4.74 Å². The van der Waals surface area contributed by atoms with E-state index in [-0.39, 0.29) is 24.0 Å². The molecule has 2 aromatic rings. The fourth-order valence-electron chi connectivity index (χ4n) is 2.08. The number of esters is 1. The third-order valence-corrected chi connectivity index (χ3v) is 4.49. The number of nitro benzene ring substituents is 1. The smallest absolute Gasteiger partial charge is 0.343 e. The minimum Gasteiger partial charge on any atom is -0.482 e. The molecular weight excluding hydrogens is 398 g/mol. The standard InChI is InChI=1S/C19H19N3O6S/c1-27-19(24)11-28-17-7-5-14(6-8-17)10-20-21-18(23)13-29-12-15-3-2-4-16(9-15)22(25)26/h2-10H,11-13H2,1H3,(H,21,23)/b20-10-. The summed E-state index contributed by atoms with van der Waals surface area (Å²) in [6.45, 7) is -0.173. The summed E-state index contributed by atoms with van der Waals surface area (Å²) in [5.74, 6) is 0.400. The molecule has 10 heteroatoms. The molecule has 0 heterocycles. The largest absolute Gasteiger partial charge is 0.482 e. The number of non-ortho nitro benzene ring substituents is 1. The first-order valence-electron chi connectivity index (χ1n) is 8.40. The fraction of sp³-hybridized carbons (Fsp3) is 0.211. The van der Waals surface area contributed by atoms with Crippen molar-refractivity contribution in [1.82, 2.24) is 5.43 Å². The van der Waals surface area contributed by atoms with E-state index < -0.39 is 10.9 Å². The van der Waals surface area contributed by atoms with Crippen molar-refractivity contribution in [3.05, 3.63) is 69.8 Å². The number of benzene rings is 2. The van der Waals surface area contributed by atoms with Crippen LogP contribution in [0.2, 0.25) is 0 Å². The molecule has 0 atom stereocenters. The van der Waals surface area contributed by atoms with Gasteiger partial charge in [-0.3, -0.25) is 14.9 Å². The van der Waals surface area contributed by atoms with Gasteiger partial charge in [-0.1, -0.05) is 12.1 Å². The molecule has 0 spiro atoms. The number of hydrogen-bond acceptors (Lipinski definition) is 8. The van der Waals surface area contributed by atoms with Crippen molar-refractivity contribution in [2.75, 3.05) is 19.5 Å². The molecule has 0 aromatic heterocycles. The first-order valence-corrected chi connectivity index (χ1v) is 9.56. The molecule has 2 aromatic carbocycles. The number of ether oxygens (including phenoxy) is 2. The summed E-state index contributed by atoms with van der Waals surface area (Å²) in [7, 11) is 1.28. The van der Waals surface area contributed by atoms with Crippen molar-refractivity contribution < 1.29 is 24.0 Å². The van der Waals surface area contributed by atoms with Gasteiger partial charge >= 0.3 is 5.97 Å². The summed E-state index contributed by atoms with van der Waals surface area (Å²) in [5, 5.41) is 14.6. The van der Waals surface area contributed by atoms with Gasteiger partial charge in [-0.05, 0) is 35.4 Å². The number of nitro groups is 1. The second-order valence-corrected chi connectivity index (χ2v) is 6.63. The second-order valence-electron chi connectivity index (χ2n) is 5.65. The molecule has 0 bridgehead atoms. The van der Waals surface area contributed by atoms with Gasteiger partial charge in [0.25, 0.3) is 5.69 Å². The van der Waals surface area contributed by atoms with E-state index in [2.05, 4.69) is 15.3 Å². The predicted molar refractivity (Wildman–Crippen MR) is 109 cm³/mol. The maximum Gasteiger partial charge on any atom is 0.343 e. The first-order chi connectivity index (χ1) is 14.0. The molecule has 0 saturated heterocycles. The summed E-state index contributed by atoms with van der Waals surface area (Å²) >= 11 is 1.33. The van der Waals surface area contributed by atoms with E-state index in [1.54, 1.807) is 36.4 Å². The highest BCUT2D eigenvalue weighted by Gasteiger charge is 2.07. The summed E-state index contributed by atoms with van der Waals surface area (Å²) in [6.07, 6.45) is 1.48. The number of methoxy groups -OCH3 is 1. The van der Waals surface area contributed by atoms with E-state index >= 15 is 0 Å². The van der Waals surface area contributed by atoms with Crippen LogP contribution in [0.15, 0.2) is 53.6 Å². The molecule has 0 aliphatic heterocycles. The third kappa shape index (κ3) is 8.01. The Morgan fingerprint density at radius 2 is 2.00 bits per heavy atom.